The number of anilines is 2. The molecule has 0 aliphatic heterocycles. The number of hydrogen-bond donors (Lipinski definition) is 1. The second kappa shape index (κ2) is 11.6. The molecule has 32 heavy (non-hydrogen) atoms. The molecule has 0 aliphatic carbocycles. The lowest BCUT2D eigenvalue weighted by molar-refractivity contribution is -0.143. The molecule has 3 aromatic rings. The molecule has 0 bridgehead atoms. The van der Waals surface area contributed by atoms with E-state index in [4.69, 9.17) is 14.2 Å². The standard InChI is InChI=1S/C23H25BrFN3O4/c1-3-31-22(29)7-5-4-6-10-32-21-13-19-16(12-20(21)30-2)23(27-14-26-19)28-18-9-8-15(24)11-17(18)25/h8-9,11-14H,3-7,10H2,1-2H3,(H,26,27,28). The zero-order valence-corrected chi connectivity index (χ0v) is 19.6. The van der Waals surface area contributed by atoms with Crippen molar-refractivity contribution in [1.29, 1.82) is 0 Å². The molecule has 0 atom stereocenters. The third-order valence-electron chi connectivity index (χ3n) is 4.69. The van der Waals surface area contributed by atoms with Crippen molar-refractivity contribution in [3.8, 4) is 11.5 Å². The number of benzene rings is 2. The molecule has 1 heterocycles. The van der Waals surface area contributed by atoms with Crippen LogP contribution in [-0.4, -0.2) is 36.3 Å². The first kappa shape index (κ1) is 23.7. The molecule has 0 saturated heterocycles. The maximum Gasteiger partial charge on any atom is 0.305 e. The van der Waals surface area contributed by atoms with Crippen LogP contribution in [0.1, 0.15) is 32.6 Å². The maximum absolute atomic E-state index is 14.2. The van der Waals surface area contributed by atoms with Crippen LogP contribution in [0.4, 0.5) is 15.9 Å². The Kier molecular flexibility index (Phi) is 8.61. The van der Waals surface area contributed by atoms with Crippen molar-refractivity contribution in [3.63, 3.8) is 0 Å². The molecule has 0 unspecified atom stereocenters. The molecule has 1 N–H and O–H groups in total. The molecule has 7 nitrogen and oxygen atoms in total. The molecule has 0 aliphatic rings. The fourth-order valence-corrected chi connectivity index (χ4v) is 3.45. The fourth-order valence-electron chi connectivity index (χ4n) is 3.12. The molecule has 0 spiro atoms. The minimum Gasteiger partial charge on any atom is -0.493 e. The quantitative estimate of drug-likeness (QED) is 0.261. The number of rotatable bonds is 11. The van der Waals surface area contributed by atoms with E-state index in [1.165, 1.54) is 12.4 Å². The predicted molar refractivity (Wildman–Crippen MR) is 124 cm³/mol. The van der Waals surface area contributed by atoms with E-state index < -0.39 is 5.82 Å². The summed E-state index contributed by atoms with van der Waals surface area (Å²) in [7, 11) is 1.55. The summed E-state index contributed by atoms with van der Waals surface area (Å²) >= 11 is 3.25. The largest absolute Gasteiger partial charge is 0.493 e. The van der Waals surface area contributed by atoms with Crippen LogP contribution in [0.15, 0.2) is 41.1 Å². The van der Waals surface area contributed by atoms with Crippen LogP contribution in [0.2, 0.25) is 0 Å². The van der Waals surface area contributed by atoms with Crippen molar-refractivity contribution in [2.24, 2.45) is 0 Å². The smallest absolute Gasteiger partial charge is 0.305 e. The molecule has 0 saturated carbocycles. The summed E-state index contributed by atoms with van der Waals surface area (Å²) in [6.45, 7) is 2.68. The summed E-state index contributed by atoms with van der Waals surface area (Å²) in [5, 5.41) is 3.69. The van der Waals surface area contributed by atoms with Gasteiger partial charge in [0.05, 0.1) is 31.5 Å². The number of unbranched alkanes of at least 4 members (excludes halogenated alkanes) is 2. The lowest BCUT2D eigenvalue weighted by Gasteiger charge is -2.14. The van der Waals surface area contributed by atoms with Crippen molar-refractivity contribution in [1.82, 2.24) is 9.97 Å². The summed E-state index contributed by atoms with van der Waals surface area (Å²) in [5.41, 5.74) is 0.938. The highest BCUT2D eigenvalue weighted by Crippen LogP contribution is 2.35. The van der Waals surface area contributed by atoms with Crippen LogP contribution < -0.4 is 14.8 Å². The van der Waals surface area contributed by atoms with Gasteiger partial charge in [0.2, 0.25) is 0 Å². The number of aromatic nitrogens is 2. The third-order valence-corrected chi connectivity index (χ3v) is 5.19. The van der Waals surface area contributed by atoms with E-state index >= 15 is 0 Å². The van der Waals surface area contributed by atoms with Crippen molar-refractivity contribution in [2.75, 3.05) is 25.6 Å². The fraction of sp³-hybridized carbons (Fsp3) is 0.348. The number of esters is 1. The van der Waals surface area contributed by atoms with E-state index in [1.807, 2.05) is 0 Å². The van der Waals surface area contributed by atoms with Gasteiger partial charge in [-0.1, -0.05) is 15.9 Å². The number of carbonyl (C=O) groups excluding carboxylic acids is 1. The number of ether oxygens (including phenoxy) is 3. The maximum atomic E-state index is 14.2. The zero-order valence-electron chi connectivity index (χ0n) is 18.0. The van der Waals surface area contributed by atoms with Crippen LogP contribution in [0.5, 0.6) is 11.5 Å². The van der Waals surface area contributed by atoms with E-state index in [1.54, 1.807) is 38.3 Å². The van der Waals surface area contributed by atoms with E-state index in [0.717, 1.165) is 19.3 Å². The summed E-state index contributed by atoms with van der Waals surface area (Å²) in [4.78, 5) is 19.9. The van der Waals surface area contributed by atoms with Gasteiger partial charge in [0.1, 0.15) is 18.0 Å². The van der Waals surface area contributed by atoms with Crippen molar-refractivity contribution >= 4 is 44.3 Å². The van der Waals surface area contributed by atoms with Crippen molar-refractivity contribution in [3.05, 3.63) is 46.9 Å². The minimum atomic E-state index is -0.402. The van der Waals surface area contributed by atoms with Gasteiger partial charge in [0, 0.05) is 22.3 Å². The number of carbonyl (C=O) groups is 1. The average molecular weight is 506 g/mol. The Morgan fingerprint density at radius 2 is 1.97 bits per heavy atom. The molecule has 0 fully saturated rings. The number of hydrogen-bond acceptors (Lipinski definition) is 7. The van der Waals surface area contributed by atoms with Gasteiger partial charge in [-0.2, -0.15) is 0 Å². The van der Waals surface area contributed by atoms with E-state index in [-0.39, 0.29) is 5.97 Å². The van der Waals surface area contributed by atoms with Crippen LogP contribution in [0.25, 0.3) is 10.9 Å². The summed E-state index contributed by atoms with van der Waals surface area (Å²) in [6, 6.07) is 8.30. The molecule has 3 rings (SSSR count). The first-order valence-corrected chi connectivity index (χ1v) is 11.1. The molecule has 0 amide bonds. The normalized spacial score (nSPS) is 10.8. The molecule has 2 aromatic carbocycles. The Labute approximate surface area is 194 Å². The summed E-state index contributed by atoms with van der Waals surface area (Å²) in [5.74, 6) is 0.973. The van der Waals surface area contributed by atoms with Gasteiger partial charge in [0.15, 0.2) is 11.5 Å². The molecule has 170 valence electrons. The van der Waals surface area contributed by atoms with Crippen LogP contribution >= 0.6 is 15.9 Å². The van der Waals surface area contributed by atoms with Crippen molar-refractivity contribution < 1.29 is 23.4 Å². The lowest BCUT2D eigenvalue weighted by atomic mass is 10.2. The summed E-state index contributed by atoms with van der Waals surface area (Å²) in [6.07, 6.45) is 4.22. The SMILES string of the molecule is CCOC(=O)CCCCCOc1cc2ncnc(Nc3ccc(Br)cc3F)c2cc1OC. The second-order valence-electron chi connectivity index (χ2n) is 6.96. The summed E-state index contributed by atoms with van der Waals surface area (Å²) < 4.78 is 31.2. The predicted octanol–water partition coefficient (Wildman–Crippen LogP) is 5.79. The lowest BCUT2D eigenvalue weighted by Crippen LogP contribution is -2.04. The second-order valence-corrected chi connectivity index (χ2v) is 7.87. The van der Waals surface area contributed by atoms with Crippen LogP contribution in [0, 0.1) is 5.82 Å². The molecule has 0 radical (unpaired) electrons. The average Bonchev–Trinajstić information content (AvgIpc) is 2.77. The number of nitrogens with zero attached hydrogens (tertiary/aromatic N) is 2. The molecular weight excluding hydrogens is 481 g/mol. The highest BCUT2D eigenvalue weighted by atomic mass is 79.9. The first-order chi connectivity index (χ1) is 15.5. The van der Waals surface area contributed by atoms with Crippen LogP contribution in [0.3, 0.4) is 0 Å². The highest BCUT2D eigenvalue weighted by molar-refractivity contribution is 9.10. The van der Waals surface area contributed by atoms with Gasteiger partial charge in [0.25, 0.3) is 0 Å². The zero-order chi connectivity index (χ0) is 22.9. The van der Waals surface area contributed by atoms with E-state index in [9.17, 15) is 9.18 Å². The van der Waals surface area contributed by atoms with Gasteiger partial charge >= 0.3 is 5.97 Å². The van der Waals surface area contributed by atoms with Crippen molar-refractivity contribution in [2.45, 2.75) is 32.6 Å². The van der Waals surface area contributed by atoms with Gasteiger partial charge in [-0.3, -0.25) is 4.79 Å². The van der Waals surface area contributed by atoms with Crippen LogP contribution in [-0.2, 0) is 9.53 Å². The molecule has 1 aromatic heterocycles. The third kappa shape index (κ3) is 6.29. The Morgan fingerprint density at radius 1 is 1.12 bits per heavy atom. The topological polar surface area (TPSA) is 82.6 Å². The first-order valence-electron chi connectivity index (χ1n) is 10.3. The van der Waals surface area contributed by atoms with E-state index in [2.05, 4.69) is 31.2 Å². The van der Waals surface area contributed by atoms with E-state index in [0.29, 0.717) is 58.0 Å². The Hall–Kier alpha value is -2.94. The van der Waals surface area contributed by atoms with Gasteiger partial charge in [-0.15, -0.1) is 0 Å². The Bertz CT molecular complexity index is 1080. The molecular formula is C23H25BrFN3O4. The van der Waals surface area contributed by atoms with Gasteiger partial charge in [-0.05, 0) is 50.5 Å². The van der Waals surface area contributed by atoms with Gasteiger partial charge < -0.3 is 19.5 Å². The number of methoxy groups -OCH3 is 1. The number of fused-ring (bicyclic) bond motifs is 1. The van der Waals surface area contributed by atoms with Gasteiger partial charge in [-0.25, -0.2) is 14.4 Å². The minimum absolute atomic E-state index is 0.170. The Morgan fingerprint density at radius 3 is 2.72 bits per heavy atom. The number of halogens is 2. The number of nitrogens with one attached hydrogen (secondary N) is 1. The monoisotopic (exact) mass is 505 g/mol. The Balaban J connectivity index is 1.68. The molecule has 9 heteroatoms. The highest BCUT2D eigenvalue weighted by Gasteiger charge is 2.13.